The number of hydrogen-bond acceptors (Lipinski definition) is 4. The van der Waals surface area contributed by atoms with E-state index < -0.39 is 6.10 Å². The van der Waals surface area contributed by atoms with Gasteiger partial charge in [-0.15, -0.1) is 0 Å². The molecule has 1 aliphatic heterocycles. The van der Waals surface area contributed by atoms with Gasteiger partial charge in [-0.2, -0.15) is 0 Å². The first-order chi connectivity index (χ1) is 10.1. The van der Waals surface area contributed by atoms with Crippen LogP contribution in [-0.4, -0.2) is 18.4 Å². The zero-order valence-corrected chi connectivity index (χ0v) is 13.2. The molecule has 0 spiro atoms. The highest BCUT2D eigenvalue weighted by atomic mass is 79.9. The van der Waals surface area contributed by atoms with E-state index in [1.165, 1.54) is 5.56 Å². The van der Waals surface area contributed by atoms with Crippen molar-refractivity contribution in [3.63, 3.8) is 0 Å². The third-order valence-corrected chi connectivity index (χ3v) is 4.31. The molecule has 0 saturated carbocycles. The molecule has 4 nitrogen and oxygen atoms in total. The molecule has 110 valence electrons. The van der Waals surface area contributed by atoms with Gasteiger partial charge in [0.15, 0.2) is 11.5 Å². The standard InChI is InChI=1S/C16H16BrNO3/c1-10-2-4-12(7-13(10)17)18-8-14(19)11-3-5-15-16(6-11)21-9-20-15/h2-7,14,18-19H,8-9H2,1H3. The number of aryl methyl sites for hydroxylation is 1. The predicted octanol–water partition coefficient (Wildman–Crippen LogP) is 3.63. The van der Waals surface area contributed by atoms with Crippen LogP contribution in [0.1, 0.15) is 17.2 Å². The van der Waals surface area contributed by atoms with Crippen LogP contribution in [0.4, 0.5) is 5.69 Å². The van der Waals surface area contributed by atoms with E-state index in [4.69, 9.17) is 9.47 Å². The van der Waals surface area contributed by atoms with Gasteiger partial charge in [-0.3, -0.25) is 0 Å². The highest BCUT2D eigenvalue weighted by Crippen LogP contribution is 2.34. The van der Waals surface area contributed by atoms with Crippen LogP contribution >= 0.6 is 15.9 Å². The maximum absolute atomic E-state index is 10.3. The minimum absolute atomic E-state index is 0.241. The number of rotatable bonds is 4. The molecule has 2 aromatic carbocycles. The molecule has 0 amide bonds. The van der Waals surface area contributed by atoms with Crippen molar-refractivity contribution in [2.24, 2.45) is 0 Å². The fourth-order valence-electron chi connectivity index (χ4n) is 2.16. The second kappa shape index (κ2) is 5.95. The molecule has 2 N–H and O–H groups in total. The number of hydrogen-bond donors (Lipinski definition) is 2. The molecule has 1 heterocycles. The molecule has 5 heteroatoms. The SMILES string of the molecule is Cc1ccc(NCC(O)c2ccc3c(c2)OCO3)cc1Br. The van der Waals surface area contributed by atoms with Gasteiger partial charge in [0.1, 0.15) is 0 Å². The monoisotopic (exact) mass is 349 g/mol. The molecule has 0 aliphatic carbocycles. The zero-order chi connectivity index (χ0) is 14.8. The first-order valence-corrected chi connectivity index (χ1v) is 7.50. The Balaban J connectivity index is 1.66. The fourth-order valence-corrected chi connectivity index (χ4v) is 2.53. The average molecular weight is 350 g/mol. The molecule has 21 heavy (non-hydrogen) atoms. The lowest BCUT2D eigenvalue weighted by Gasteiger charge is -2.14. The lowest BCUT2D eigenvalue weighted by molar-refractivity contribution is 0.173. The summed E-state index contributed by atoms with van der Waals surface area (Å²) in [7, 11) is 0. The first-order valence-electron chi connectivity index (χ1n) is 6.71. The Morgan fingerprint density at radius 2 is 2.00 bits per heavy atom. The Morgan fingerprint density at radius 1 is 1.19 bits per heavy atom. The molecule has 0 aromatic heterocycles. The van der Waals surface area contributed by atoms with Crippen molar-refractivity contribution in [1.29, 1.82) is 0 Å². The summed E-state index contributed by atoms with van der Waals surface area (Å²) in [6.07, 6.45) is -0.612. The van der Waals surface area contributed by atoms with Crippen LogP contribution in [0.2, 0.25) is 0 Å². The topological polar surface area (TPSA) is 50.7 Å². The Kier molecular flexibility index (Phi) is 4.03. The summed E-state index contributed by atoms with van der Waals surface area (Å²) in [6, 6.07) is 11.5. The summed E-state index contributed by atoms with van der Waals surface area (Å²) in [5.41, 5.74) is 2.95. The Bertz CT molecular complexity index is 660. The van der Waals surface area contributed by atoms with E-state index in [1.54, 1.807) is 0 Å². The van der Waals surface area contributed by atoms with E-state index >= 15 is 0 Å². The van der Waals surface area contributed by atoms with Gasteiger partial charge in [0.25, 0.3) is 0 Å². The van der Waals surface area contributed by atoms with Crippen LogP contribution in [0, 0.1) is 6.92 Å². The van der Waals surface area contributed by atoms with Gasteiger partial charge in [0, 0.05) is 16.7 Å². The predicted molar refractivity (Wildman–Crippen MR) is 84.9 cm³/mol. The number of aliphatic hydroxyl groups is 1. The van der Waals surface area contributed by atoms with Crippen LogP contribution in [0.5, 0.6) is 11.5 Å². The maximum atomic E-state index is 10.3. The van der Waals surface area contributed by atoms with Crippen LogP contribution in [-0.2, 0) is 0 Å². The van der Waals surface area contributed by atoms with E-state index in [2.05, 4.69) is 21.2 Å². The summed E-state index contributed by atoms with van der Waals surface area (Å²) < 4.78 is 11.6. The molecule has 1 aliphatic rings. The number of halogens is 1. The van der Waals surface area contributed by atoms with E-state index in [1.807, 2.05) is 43.3 Å². The van der Waals surface area contributed by atoms with Crippen LogP contribution in [0.25, 0.3) is 0 Å². The normalized spacial score (nSPS) is 14.0. The molecule has 2 aromatic rings. The summed E-state index contributed by atoms with van der Waals surface area (Å²) >= 11 is 3.50. The average Bonchev–Trinajstić information content (AvgIpc) is 2.95. The van der Waals surface area contributed by atoms with Crippen molar-refractivity contribution in [3.05, 3.63) is 52.0 Å². The van der Waals surface area contributed by atoms with Gasteiger partial charge in [-0.05, 0) is 42.3 Å². The smallest absolute Gasteiger partial charge is 0.231 e. The molecule has 3 rings (SSSR count). The maximum Gasteiger partial charge on any atom is 0.231 e. The molecular weight excluding hydrogens is 334 g/mol. The van der Waals surface area contributed by atoms with Crippen molar-refractivity contribution < 1.29 is 14.6 Å². The van der Waals surface area contributed by atoms with E-state index in [0.29, 0.717) is 12.3 Å². The molecular formula is C16H16BrNO3. The Labute approximate surface area is 131 Å². The number of anilines is 1. The quantitative estimate of drug-likeness (QED) is 0.884. The minimum atomic E-state index is -0.612. The summed E-state index contributed by atoms with van der Waals surface area (Å²) in [4.78, 5) is 0. The van der Waals surface area contributed by atoms with Crippen molar-refractivity contribution in [2.45, 2.75) is 13.0 Å². The highest BCUT2D eigenvalue weighted by Gasteiger charge is 2.16. The van der Waals surface area contributed by atoms with Crippen molar-refractivity contribution in [3.8, 4) is 11.5 Å². The largest absolute Gasteiger partial charge is 0.454 e. The van der Waals surface area contributed by atoms with Crippen LogP contribution in [0.3, 0.4) is 0 Å². The fraction of sp³-hybridized carbons (Fsp3) is 0.250. The van der Waals surface area contributed by atoms with E-state index in [9.17, 15) is 5.11 Å². The second-order valence-electron chi connectivity index (χ2n) is 4.97. The van der Waals surface area contributed by atoms with Gasteiger partial charge < -0.3 is 19.9 Å². The van der Waals surface area contributed by atoms with Gasteiger partial charge in [-0.1, -0.05) is 28.1 Å². The summed E-state index contributed by atoms with van der Waals surface area (Å²) in [6.45, 7) is 2.70. The van der Waals surface area contributed by atoms with Gasteiger partial charge >= 0.3 is 0 Å². The number of fused-ring (bicyclic) bond motifs is 1. The molecule has 1 unspecified atom stereocenters. The number of benzene rings is 2. The lowest BCUT2D eigenvalue weighted by Crippen LogP contribution is -2.12. The Morgan fingerprint density at radius 3 is 2.81 bits per heavy atom. The number of nitrogens with one attached hydrogen (secondary N) is 1. The third kappa shape index (κ3) is 3.14. The first kappa shape index (κ1) is 14.2. The van der Waals surface area contributed by atoms with Gasteiger partial charge in [0.2, 0.25) is 6.79 Å². The van der Waals surface area contributed by atoms with Crippen LogP contribution < -0.4 is 14.8 Å². The second-order valence-corrected chi connectivity index (χ2v) is 5.83. The van der Waals surface area contributed by atoms with E-state index in [-0.39, 0.29) is 6.79 Å². The number of ether oxygens (including phenoxy) is 2. The van der Waals surface area contributed by atoms with Crippen molar-refractivity contribution in [2.75, 3.05) is 18.7 Å². The highest BCUT2D eigenvalue weighted by molar-refractivity contribution is 9.10. The molecule has 1 atom stereocenters. The van der Waals surface area contributed by atoms with Crippen LogP contribution in [0.15, 0.2) is 40.9 Å². The molecule has 0 fully saturated rings. The summed E-state index contributed by atoms with van der Waals surface area (Å²) in [5.74, 6) is 1.41. The minimum Gasteiger partial charge on any atom is -0.454 e. The molecule has 0 radical (unpaired) electrons. The lowest BCUT2D eigenvalue weighted by atomic mass is 10.1. The molecule has 0 bridgehead atoms. The third-order valence-electron chi connectivity index (χ3n) is 3.45. The van der Waals surface area contributed by atoms with E-state index in [0.717, 1.165) is 21.5 Å². The summed E-state index contributed by atoms with van der Waals surface area (Å²) in [5, 5.41) is 13.5. The molecule has 0 saturated heterocycles. The van der Waals surface area contributed by atoms with Gasteiger partial charge in [-0.25, -0.2) is 0 Å². The Hall–Kier alpha value is -1.72. The zero-order valence-electron chi connectivity index (χ0n) is 11.6. The van der Waals surface area contributed by atoms with Crippen molar-refractivity contribution >= 4 is 21.6 Å². The number of aliphatic hydroxyl groups excluding tert-OH is 1. The van der Waals surface area contributed by atoms with Crippen molar-refractivity contribution in [1.82, 2.24) is 0 Å². The van der Waals surface area contributed by atoms with Gasteiger partial charge in [0.05, 0.1) is 6.10 Å².